The maximum Gasteiger partial charge on any atom is 0.407 e. The Balaban J connectivity index is 1.69. The molecule has 0 unspecified atom stereocenters. The SMILES string of the molecule is COc1cc(C(=O)N[C@@H]2CCOC2)ncc1N1CCN(C(=O)O)CC1. The molecule has 2 aliphatic heterocycles. The van der Waals surface area contributed by atoms with Crippen molar-refractivity contribution < 1.29 is 24.2 Å². The summed E-state index contributed by atoms with van der Waals surface area (Å²) in [7, 11) is 1.54. The average molecular weight is 350 g/mol. The standard InChI is InChI=1S/C16H22N4O5/c1-24-14-8-12(15(21)18-11-2-7-25-10-11)17-9-13(14)19-3-5-20(6-4-19)16(22)23/h8-9,11H,2-7,10H2,1H3,(H,18,21)(H,22,23)/t11-/m1/s1. The van der Waals surface area contributed by atoms with E-state index in [1.165, 1.54) is 4.90 Å². The Labute approximate surface area is 145 Å². The smallest absolute Gasteiger partial charge is 0.407 e. The van der Waals surface area contributed by atoms with Gasteiger partial charge in [-0.15, -0.1) is 0 Å². The molecule has 0 spiro atoms. The van der Waals surface area contributed by atoms with Gasteiger partial charge in [0, 0.05) is 38.9 Å². The quantitative estimate of drug-likeness (QED) is 0.810. The fourth-order valence-electron chi connectivity index (χ4n) is 3.00. The first-order valence-electron chi connectivity index (χ1n) is 8.24. The number of piperazine rings is 1. The Morgan fingerprint density at radius 3 is 2.72 bits per heavy atom. The molecule has 2 aliphatic rings. The van der Waals surface area contributed by atoms with Crippen LogP contribution in [0.5, 0.6) is 5.75 Å². The van der Waals surface area contributed by atoms with E-state index in [2.05, 4.69) is 10.3 Å². The number of nitrogens with zero attached hydrogens (tertiary/aromatic N) is 3. The summed E-state index contributed by atoms with van der Waals surface area (Å²) in [5.41, 5.74) is 1.05. The molecule has 1 aromatic rings. The fourth-order valence-corrected chi connectivity index (χ4v) is 3.00. The van der Waals surface area contributed by atoms with Gasteiger partial charge in [-0.25, -0.2) is 9.78 Å². The summed E-state index contributed by atoms with van der Waals surface area (Å²) < 4.78 is 10.7. The molecule has 2 N–H and O–H groups in total. The molecule has 2 fully saturated rings. The van der Waals surface area contributed by atoms with Crippen LogP contribution in [-0.4, -0.2) is 79.5 Å². The van der Waals surface area contributed by atoms with Gasteiger partial charge in [0.2, 0.25) is 0 Å². The number of hydrogen-bond acceptors (Lipinski definition) is 6. The lowest BCUT2D eigenvalue weighted by Crippen LogP contribution is -2.48. The zero-order chi connectivity index (χ0) is 17.8. The molecule has 9 nitrogen and oxygen atoms in total. The summed E-state index contributed by atoms with van der Waals surface area (Å²) in [6, 6.07) is 1.63. The first-order chi connectivity index (χ1) is 12.1. The van der Waals surface area contributed by atoms with Gasteiger partial charge in [0.1, 0.15) is 11.4 Å². The van der Waals surface area contributed by atoms with Gasteiger partial charge in [-0.2, -0.15) is 0 Å². The van der Waals surface area contributed by atoms with Gasteiger partial charge in [0.15, 0.2) is 0 Å². The third-order valence-corrected chi connectivity index (χ3v) is 4.45. The number of nitrogens with one attached hydrogen (secondary N) is 1. The van der Waals surface area contributed by atoms with Crippen molar-refractivity contribution in [2.45, 2.75) is 12.5 Å². The number of rotatable bonds is 4. The van der Waals surface area contributed by atoms with Crippen LogP contribution in [0.4, 0.5) is 10.5 Å². The Hall–Kier alpha value is -2.55. The minimum atomic E-state index is -0.910. The van der Waals surface area contributed by atoms with Gasteiger partial charge < -0.3 is 29.7 Å². The second-order valence-corrected chi connectivity index (χ2v) is 6.03. The molecule has 0 aliphatic carbocycles. The number of amides is 2. The molecule has 2 saturated heterocycles. The molecule has 136 valence electrons. The molecule has 2 amide bonds. The van der Waals surface area contributed by atoms with Crippen molar-refractivity contribution in [1.29, 1.82) is 0 Å². The van der Waals surface area contributed by atoms with Crippen molar-refractivity contribution in [3.63, 3.8) is 0 Å². The van der Waals surface area contributed by atoms with Gasteiger partial charge in [-0.1, -0.05) is 0 Å². The van der Waals surface area contributed by atoms with E-state index in [-0.39, 0.29) is 17.6 Å². The van der Waals surface area contributed by atoms with Gasteiger partial charge in [-0.05, 0) is 6.42 Å². The van der Waals surface area contributed by atoms with E-state index in [0.717, 1.165) is 12.1 Å². The predicted molar refractivity (Wildman–Crippen MR) is 89.3 cm³/mol. The lowest BCUT2D eigenvalue weighted by molar-refractivity contribution is 0.0924. The van der Waals surface area contributed by atoms with E-state index in [4.69, 9.17) is 14.6 Å². The third kappa shape index (κ3) is 3.93. The van der Waals surface area contributed by atoms with Crippen molar-refractivity contribution in [3.8, 4) is 5.75 Å². The van der Waals surface area contributed by atoms with Crippen LogP contribution in [0, 0.1) is 0 Å². The van der Waals surface area contributed by atoms with Crippen LogP contribution in [-0.2, 0) is 4.74 Å². The summed E-state index contributed by atoms with van der Waals surface area (Å²) in [6.45, 7) is 3.12. The molecule has 1 atom stereocenters. The van der Waals surface area contributed by atoms with Crippen LogP contribution in [0.1, 0.15) is 16.9 Å². The summed E-state index contributed by atoms with van der Waals surface area (Å²) >= 11 is 0. The van der Waals surface area contributed by atoms with Crippen LogP contribution < -0.4 is 15.0 Å². The molecule has 0 bridgehead atoms. The van der Waals surface area contributed by atoms with Gasteiger partial charge in [-0.3, -0.25) is 4.79 Å². The number of anilines is 1. The first-order valence-corrected chi connectivity index (χ1v) is 8.24. The summed E-state index contributed by atoms with van der Waals surface area (Å²) in [4.78, 5) is 30.9. The largest absolute Gasteiger partial charge is 0.494 e. The first kappa shape index (κ1) is 17.3. The van der Waals surface area contributed by atoms with Crippen molar-refractivity contribution in [2.75, 3.05) is 51.4 Å². The molecule has 0 aromatic carbocycles. The number of carbonyl (C=O) groups is 2. The van der Waals surface area contributed by atoms with Crippen molar-refractivity contribution >= 4 is 17.7 Å². The number of aromatic nitrogens is 1. The van der Waals surface area contributed by atoms with Crippen molar-refractivity contribution in [2.24, 2.45) is 0 Å². The van der Waals surface area contributed by atoms with E-state index in [0.29, 0.717) is 45.1 Å². The van der Waals surface area contributed by atoms with Crippen molar-refractivity contribution in [3.05, 3.63) is 18.0 Å². The summed E-state index contributed by atoms with van der Waals surface area (Å²) in [5, 5.41) is 11.9. The lowest BCUT2D eigenvalue weighted by atomic mass is 10.2. The van der Waals surface area contributed by atoms with E-state index in [9.17, 15) is 9.59 Å². The second-order valence-electron chi connectivity index (χ2n) is 6.03. The number of carbonyl (C=O) groups excluding carboxylic acids is 1. The zero-order valence-electron chi connectivity index (χ0n) is 14.1. The minimum absolute atomic E-state index is 0.0177. The molecule has 0 saturated carbocycles. The van der Waals surface area contributed by atoms with Gasteiger partial charge >= 0.3 is 6.09 Å². The lowest BCUT2D eigenvalue weighted by Gasteiger charge is -2.35. The highest BCUT2D eigenvalue weighted by Gasteiger charge is 2.24. The number of ether oxygens (including phenoxy) is 2. The molecule has 25 heavy (non-hydrogen) atoms. The van der Waals surface area contributed by atoms with Crippen LogP contribution >= 0.6 is 0 Å². The van der Waals surface area contributed by atoms with Crippen molar-refractivity contribution in [1.82, 2.24) is 15.2 Å². The normalized spacial score (nSPS) is 20.4. The maximum absolute atomic E-state index is 12.3. The second kappa shape index (κ2) is 7.56. The third-order valence-electron chi connectivity index (χ3n) is 4.45. The van der Waals surface area contributed by atoms with Crippen LogP contribution in [0.15, 0.2) is 12.3 Å². The van der Waals surface area contributed by atoms with Crippen LogP contribution in [0.25, 0.3) is 0 Å². The molecule has 3 rings (SSSR count). The van der Waals surface area contributed by atoms with E-state index >= 15 is 0 Å². The average Bonchev–Trinajstić information content (AvgIpc) is 3.14. The Morgan fingerprint density at radius 1 is 1.36 bits per heavy atom. The molecular weight excluding hydrogens is 328 g/mol. The zero-order valence-corrected chi connectivity index (χ0v) is 14.1. The highest BCUT2D eigenvalue weighted by molar-refractivity contribution is 5.93. The maximum atomic E-state index is 12.3. The van der Waals surface area contributed by atoms with Crippen LogP contribution in [0.2, 0.25) is 0 Å². The molecular formula is C16H22N4O5. The van der Waals surface area contributed by atoms with E-state index in [1.54, 1.807) is 19.4 Å². The molecule has 9 heteroatoms. The fraction of sp³-hybridized carbons (Fsp3) is 0.562. The monoisotopic (exact) mass is 350 g/mol. The summed E-state index contributed by atoms with van der Waals surface area (Å²) in [5.74, 6) is 0.294. The molecule has 3 heterocycles. The Bertz CT molecular complexity index is 639. The highest BCUT2D eigenvalue weighted by atomic mass is 16.5. The number of hydrogen-bond donors (Lipinski definition) is 2. The predicted octanol–water partition coefficient (Wildman–Crippen LogP) is 0.409. The number of pyridine rings is 1. The Morgan fingerprint density at radius 2 is 2.12 bits per heavy atom. The van der Waals surface area contributed by atoms with E-state index in [1.807, 2.05) is 4.90 Å². The van der Waals surface area contributed by atoms with E-state index < -0.39 is 6.09 Å². The Kier molecular flexibility index (Phi) is 5.22. The van der Waals surface area contributed by atoms with Gasteiger partial charge in [0.25, 0.3) is 5.91 Å². The molecule has 1 aromatic heterocycles. The number of carboxylic acid groups (broad SMARTS) is 1. The number of methoxy groups -OCH3 is 1. The molecule has 0 radical (unpaired) electrons. The summed E-state index contributed by atoms with van der Waals surface area (Å²) in [6.07, 6.45) is 1.50. The van der Waals surface area contributed by atoms with Gasteiger partial charge in [0.05, 0.1) is 31.6 Å². The van der Waals surface area contributed by atoms with Crippen LogP contribution in [0.3, 0.4) is 0 Å². The topological polar surface area (TPSA) is 104 Å². The minimum Gasteiger partial charge on any atom is -0.494 e. The highest BCUT2D eigenvalue weighted by Crippen LogP contribution is 2.29.